The molecule has 6 nitrogen and oxygen atoms in total. The molecule has 3 rings (SSSR count). The first-order chi connectivity index (χ1) is 11.9. The Labute approximate surface area is 142 Å². The van der Waals surface area contributed by atoms with Crippen LogP contribution in [0.5, 0.6) is 0 Å². The largest absolute Gasteiger partial charge is 0.433 e. The van der Waals surface area contributed by atoms with Gasteiger partial charge in [-0.2, -0.15) is 18.3 Å². The van der Waals surface area contributed by atoms with Gasteiger partial charge in [0.25, 0.3) is 5.56 Å². The molecule has 0 saturated carbocycles. The molecule has 1 aliphatic heterocycles. The van der Waals surface area contributed by atoms with E-state index >= 15 is 0 Å². The molecule has 1 saturated heterocycles. The third-order valence-electron chi connectivity index (χ3n) is 4.16. The van der Waals surface area contributed by atoms with Gasteiger partial charge in [-0.05, 0) is 25.1 Å². The Bertz CT molecular complexity index is 780. The number of aromatic nitrogens is 3. The van der Waals surface area contributed by atoms with Gasteiger partial charge in [0.15, 0.2) is 0 Å². The Morgan fingerprint density at radius 3 is 2.28 bits per heavy atom. The number of piperazine rings is 1. The topological polar surface area (TPSA) is 54.3 Å². The molecule has 2 aromatic heterocycles. The molecular weight excluding hydrogens is 335 g/mol. The SMILES string of the molecule is CCn1nc(N2CCN(c3ccc(C(F)(F)F)nc3)CC2)ccc1=O. The summed E-state index contributed by atoms with van der Waals surface area (Å²) >= 11 is 0. The molecule has 0 spiro atoms. The lowest BCUT2D eigenvalue weighted by Gasteiger charge is -2.36. The smallest absolute Gasteiger partial charge is 0.367 e. The van der Waals surface area contributed by atoms with Crippen molar-refractivity contribution < 1.29 is 13.2 Å². The molecule has 0 bridgehead atoms. The lowest BCUT2D eigenvalue weighted by Crippen LogP contribution is -2.47. The Kier molecular flexibility index (Phi) is 4.65. The van der Waals surface area contributed by atoms with E-state index in [0.717, 1.165) is 11.9 Å². The van der Waals surface area contributed by atoms with E-state index in [-0.39, 0.29) is 5.56 Å². The van der Waals surface area contributed by atoms with E-state index in [4.69, 9.17) is 0 Å². The van der Waals surface area contributed by atoms with Crippen LogP contribution in [0.1, 0.15) is 12.6 Å². The van der Waals surface area contributed by atoms with Crippen molar-refractivity contribution in [3.63, 3.8) is 0 Å². The highest BCUT2D eigenvalue weighted by atomic mass is 19.4. The second-order valence-electron chi connectivity index (χ2n) is 5.72. The molecule has 25 heavy (non-hydrogen) atoms. The lowest BCUT2D eigenvalue weighted by molar-refractivity contribution is -0.141. The summed E-state index contributed by atoms with van der Waals surface area (Å²) in [6, 6.07) is 5.64. The number of aryl methyl sites for hydroxylation is 1. The minimum Gasteiger partial charge on any atom is -0.367 e. The predicted molar refractivity (Wildman–Crippen MR) is 87.8 cm³/mol. The van der Waals surface area contributed by atoms with Crippen LogP contribution in [-0.2, 0) is 12.7 Å². The number of anilines is 2. The van der Waals surface area contributed by atoms with Gasteiger partial charge in [0.05, 0.1) is 11.9 Å². The van der Waals surface area contributed by atoms with Gasteiger partial charge in [-0.15, -0.1) is 0 Å². The van der Waals surface area contributed by atoms with E-state index in [2.05, 4.69) is 15.0 Å². The standard InChI is InChI=1S/C16H18F3N5O/c1-2-24-15(25)6-5-14(21-24)23-9-7-22(8-10-23)12-3-4-13(20-11-12)16(17,18)19/h3-6,11H,2,7-10H2,1H3. The first kappa shape index (κ1) is 17.2. The van der Waals surface area contributed by atoms with E-state index < -0.39 is 11.9 Å². The summed E-state index contributed by atoms with van der Waals surface area (Å²) in [7, 11) is 0. The highest BCUT2D eigenvalue weighted by Gasteiger charge is 2.32. The fourth-order valence-electron chi connectivity index (χ4n) is 2.77. The summed E-state index contributed by atoms with van der Waals surface area (Å²) in [5.41, 5.74) is -0.360. The Morgan fingerprint density at radius 1 is 1.04 bits per heavy atom. The third-order valence-corrected chi connectivity index (χ3v) is 4.16. The van der Waals surface area contributed by atoms with Crippen molar-refractivity contribution in [3.05, 3.63) is 46.5 Å². The fraction of sp³-hybridized carbons (Fsp3) is 0.438. The third kappa shape index (κ3) is 3.75. The maximum atomic E-state index is 12.6. The van der Waals surface area contributed by atoms with Crippen molar-refractivity contribution in [2.75, 3.05) is 36.0 Å². The fourth-order valence-corrected chi connectivity index (χ4v) is 2.77. The summed E-state index contributed by atoms with van der Waals surface area (Å²) < 4.78 is 39.1. The zero-order valence-corrected chi connectivity index (χ0v) is 13.7. The molecule has 0 aliphatic carbocycles. The van der Waals surface area contributed by atoms with Gasteiger partial charge >= 0.3 is 6.18 Å². The molecule has 2 aromatic rings. The minimum atomic E-state index is -4.43. The number of halogens is 3. The summed E-state index contributed by atoms with van der Waals surface area (Å²) in [6.07, 6.45) is -3.17. The van der Waals surface area contributed by atoms with Crippen LogP contribution in [0.3, 0.4) is 0 Å². The van der Waals surface area contributed by atoms with Crippen molar-refractivity contribution in [1.82, 2.24) is 14.8 Å². The molecule has 0 atom stereocenters. The molecule has 0 N–H and O–H groups in total. The van der Waals surface area contributed by atoms with E-state index in [1.54, 1.807) is 6.07 Å². The highest BCUT2D eigenvalue weighted by molar-refractivity contribution is 5.48. The number of alkyl halides is 3. The monoisotopic (exact) mass is 353 g/mol. The van der Waals surface area contributed by atoms with E-state index in [0.29, 0.717) is 38.4 Å². The molecule has 134 valence electrons. The van der Waals surface area contributed by atoms with Crippen LogP contribution in [-0.4, -0.2) is 40.9 Å². The molecule has 9 heteroatoms. The van der Waals surface area contributed by atoms with Gasteiger partial charge in [0.1, 0.15) is 11.5 Å². The zero-order chi connectivity index (χ0) is 18.0. The molecular formula is C16H18F3N5O. The van der Waals surface area contributed by atoms with Crippen LogP contribution < -0.4 is 15.4 Å². The van der Waals surface area contributed by atoms with E-state index in [9.17, 15) is 18.0 Å². The van der Waals surface area contributed by atoms with Crippen molar-refractivity contribution in [3.8, 4) is 0 Å². The summed E-state index contributed by atoms with van der Waals surface area (Å²) in [4.78, 5) is 19.2. The normalized spacial score (nSPS) is 15.5. The molecule has 1 aliphatic rings. The van der Waals surface area contributed by atoms with Crippen LogP contribution in [0.4, 0.5) is 24.7 Å². The van der Waals surface area contributed by atoms with Gasteiger partial charge in [-0.1, -0.05) is 0 Å². The number of nitrogens with zero attached hydrogens (tertiary/aromatic N) is 5. The van der Waals surface area contributed by atoms with Crippen LogP contribution in [0.2, 0.25) is 0 Å². The highest BCUT2D eigenvalue weighted by Crippen LogP contribution is 2.28. The first-order valence-electron chi connectivity index (χ1n) is 8.00. The Hall–Kier alpha value is -2.58. The summed E-state index contributed by atoms with van der Waals surface area (Å²) in [5.74, 6) is 0.728. The number of rotatable bonds is 3. The van der Waals surface area contributed by atoms with E-state index in [1.807, 2.05) is 11.8 Å². The quantitative estimate of drug-likeness (QED) is 0.845. The zero-order valence-electron chi connectivity index (χ0n) is 13.7. The number of hydrogen-bond acceptors (Lipinski definition) is 5. The van der Waals surface area contributed by atoms with E-state index in [1.165, 1.54) is 23.0 Å². The summed E-state index contributed by atoms with van der Waals surface area (Å²) in [6.45, 7) is 4.96. The molecule has 0 amide bonds. The molecule has 3 heterocycles. The maximum Gasteiger partial charge on any atom is 0.433 e. The molecule has 0 aromatic carbocycles. The minimum absolute atomic E-state index is 0.138. The second-order valence-corrected chi connectivity index (χ2v) is 5.72. The summed E-state index contributed by atoms with van der Waals surface area (Å²) in [5, 5.41) is 4.33. The molecule has 1 fully saturated rings. The lowest BCUT2D eigenvalue weighted by atomic mass is 10.2. The van der Waals surface area contributed by atoms with Crippen molar-refractivity contribution >= 4 is 11.5 Å². The number of pyridine rings is 1. The van der Waals surface area contributed by atoms with Gasteiger partial charge in [-0.3, -0.25) is 4.79 Å². The van der Waals surface area contributed by atoms with Crippen molar-refractivity contribution in [2.45, 2.75) is 19.6 Å². The van der Waals surface area contributed by atoms with Crippen LogP contribution in [0.25, 0.3) is 0 Å². The van der Waals surface area contributed by atoms with Gasteiger partial charge in [-0.25, -0.2) is 9.67 Å². The maximum absolute atomic E-state index is 12.6. The molecule has 0 radical (unpaired) electrons. The van der Waals surface area contributed by atoms with Crippen LogP contribution in [0, 0.1) is 0 Å². The van der Waals surface area contributed by atoms with Gasteiger partial charge in [0.2, 0.25) is 0 Å². The Morgan fingerprint density at radius 2 is 1.72 bits per heavy atom. The van der Waals surface area contributed by atoms with Crippen molar-refractivity contribution in [2.24, 2.45) is 0 Å². The number of hydrogen-bond donors (Lipinski definition) is 0. The first-order valence-corrected chi connectivity index (χ1v) is 8.00. The predicted octanol–water partition coefficient (Wildman–Crippen LogP) is 2.00. The van der Waals surface area contributed by atoms with Crippen LogP contribution in [0.15, 0.2) is 35.3 Å². The Balaban J connectivity index is 1.66. The van der Waals surface area contributed by atoms with Crippen molar-refractivity contribution in [1.29, 1.82) is 0 Å². The van der Waals surface area contributed by atoms with Gasteiger partial charge < -0.3 is 9.80 Å². The average molecular weight is 353 g/mol. The second kappa shape index (κ2) is 6.73. The molecule has 0 unspecified atom stereocenters. The van der Waals surface area contributed by atoms with Crippen LogP contribution >= 0.6 is 0 Å². The average Bonchev–Trinajstić information content (AvgIpc) is 2.62. The van der Waals surface area contributed by atoms with Gasteiger partial charge in [0, 0.05) is 38.8 Å².